The van der Waals surface area contributed by atoms with Crippen LogP contribution in [0.5, 0.6) is 0 Å². The van der Waals surface area contributed by atoms with Crippen molar-refractivity contribution < 1.29 is 4.79 Å². The number of H-pyrrole nitrogens is 2. The molecule has 130 valence electrons. The summed E-state index contributed by atoms with van der Waals surface area (Å²) in [6.07, 6.45) is 2.01. The Hall–Kier alpha value is -3.22. The first kappa shape index (κ1) is 15.1. The molecule has 0 radical (unpaired) electrons. The molecule has 1 saturated heterocycles. The van der Waals surface area contributed by atoms with Gasteiger partial charge in [0.05, 0.1) is 11.0 Å². The normalized spacial score (nSPS) is 17.8. The van der Waals surface area contributed by atoms with E-state index in [-0.39, 0.29) is 11.8 Å². The number of imidazole rings is 1. The Balaban J connectivity index is 1.40. The summed E-state index contributed by atoms with van der Waals surface area (Å²) in [6, 6.07) is 13.5. The molecule has 1 aliphatic heterocycles. The van der Waals surface area contributed by atoms with Gasteiger partial charge in [0.25, 0.3) is 5.91 Å². The first-order valence-electron chi connectivity index (χ1n) is 8.82. The minimum atomic E-state index is 0.0377. The second-order valence-corrected chi connectivity index (χ2v) is 6.76. The first-order valence-corrected chi connectivity index (χ1v) is 8.82. The number of aromatic nitrogens is 5. The molecule has 4 aromatic rings. The van der Waals surface area contributed by atoms with Gasteiger partial charge in [-0.2, -0.15) is 15.4 Å². The largest absolute Gasteiger partial charge is 0.342 e. The van der Waals surface area contributed by atoms with E-state index >= 15 is 0 Å². The number of fused-ring (bicyclic) bond motifs is 2. The molecule has 2 aromatic heterocycles. The lowest BCUT2D eigenvalue weighted by atomic mass is 9.96. The molecular weight excluding hydrogens is 328 g/mol. The molecule has 7 heteroatoms. The summed E-state index contributed by atoms with van der Waals surface area (Å²) < 4.78 is 0. The summed E-state index contributed by atoms with van der Waals surface area (Å²) in [4.78, 5) is 23.0. The van der Waals surface area contributed by atoms with Crippen LogP contribution in [0.2, 0.25) is 0 Å². The van der Waals surface area contributed by atoms with E-state index in [0.717, 1.165) is 41.8 Å². The maximum Gasteiger partial charge on any atom is 0.253 e. The van der Waals surface area contributed by atoms with E-state index in [9.17, 15) is 4.79 Å². The van der Waals surface area contributed by atoms with Crippen molar-refractivity contribution >= 4 is 28.0 Å². The fourth-order valence-corrected chi connectivity index (χ4v) is 3.71. The summed E-state index contributed by atoms with van der Waals surface area (Å²) in [6.45, 7) is 1.45. The van der Waals surface area contributed by atoms with Crippen molar-refractivity contribution in [2.45, 2.75) is 18.8 Å². The summed E-state index contributed by atoms with van der Waals surface area (Å²) in [5.41, 5.74) is 4.14. The number of hydrogen-bond donors (Lipinski definition) is 2. The number of carbonyl (C=O) groups excluding carboxylic acids is 1. The molecule has 1 amide bonds. The quantitative estimate of drug-likeness (QED) is 0.584. The predicted octanol–water partition coefficient (Wildman–Crippen LogP) is 2.85. The maximum absolute atomic E-state index is 13.0. The molecule has 0 bridgehead atoms. The Kier molecular flexibility index (Phi) is 3.44. The lowest BCUT2D eigenvalue weighted by molar-refractivity contribution is 0.0705. The Morgan fingerprint density at radius 1 is 1.08 bits per heavy atom. The van der Waals surface area contributed by atoms with Crippen LogP contribution in [-0.4, -0.2) is 49.3 Å². The number of hydrogen-bond acceptors (Lipinski definition) is 4. The third-order valence-electron chi connectivity index (χ3n) is 5.07. The van der Waals surface area contributed by atoms with Gasteiger partial charge in [0.15, 0.2) is 0 Å². The van der Waals surface area contributed by atoms with Gasteiger partial charge in [-0.15, -0.1) is 0 Å². The smallest absolute Gasteiger partial charge is 0.253 e. The van der Waals surface area contributed by atoms with Crippen molar-refractivity contribution in [3.8, 4) is 0 Å². The van der Waals surface area contributed by atoms with Crippen LogP contribution in [0.25, 0.3) is 22.1 Å². The zero-order chi connectivity index (χ0) is 17.5. The van der Waals surface area contributed by atoms with Gasteiger partial charge in [0.1, 0.15) is 16.9 Å². The molecular formula is C19H18N6O. The van der Waals surface area contributed by atoms with Crippen molar-refractivity contribution in [3.05, 3.63) is 53.9 Å². The second-order valence-electron chi connectivity index (χ2n) is 6.76. The zero-order valence-electron chi connectivity index (χ0n) is 14.1. The van der Waals surface area contributed by atoms with Gasteiger partial charge in [-0.1, -0.05) is 12.1 Å². The highest BCUT2D eigenvalue weighted by molar-refractivity contribution is 5.97. The number of piperidine rings is 1. The van der Waals surface area contributed by atoms with Crippen LogP contribution < -0.4 is 0 Å². The van der Waals surface area contributed by atoms with Crippen molar-refractivity contribution in [1.82, 2.24) is 30.3 Å². The van der Waals surface area contributed by atoms with E-state index in [1.54, 1.807) is 6.07 Å². The Morgan fingerprint density at radius 2 is 1.96 bits per heavy atom. The minimum absolute atomic E-state index is 0.0377. The SMILES string of the molecule is O=C(c1ccc2n[nH]nc2c1)N1CCC[C@H](c2nc3ccccc3[nH]2)C1. The van der Waals surface area contributed by atoms with Crippen LogP contribution in [0.4, 0.5) is 0 Å². The van der Waals surface area contributed by atoms with E-state index in [0.29, 0.717) is 17.6 Å². The number of carbonyl (C=O) groups is 1. The van der Waals surface area contributed by atoms with Gasteiger partial charge in [-0.3, -0.25) is 4.79 Å². The molecule has 0 spiro atoms. The summed E-state index contributed by atoms with van der Waals surface area (Å²) in [5.74, 6) is 1.24. The van der Waals surface area contributed by atoms with Crippen LogP contribution in [0.3, 0.4) is 0 Å². The average molecular weight is 346 g/mol. The fraction of sp³-hybridized carbons (Fsp3) is 0.263. The fourth-order valence-electron chi connectivity index (χ4n) is 3.71. The Morgan fingerprint density at radius 3 is 2.88 bits per heavy atom. The van der Waals surface area contributed by atoms with Gasteiger partial charge in [-0.05, 0) is 43.2 Å². The molecule has 5 rings (SSSR count). The standard InChI is InChI=1S/C19H18N6O/c26-19(12-7-8-16-17(10-12)23-24-22-16)25-9-3-4-13(11-25)18-20-14-5-1-2-6-15(14)21-18/h1-2,5-8,10,13H,3-4,9,11H2,(H,20,21)(H,22,23,24)/t13-/m0/s1. The molecule has 26 heavy (non-hydrogen) atoms. The lowest BCUT2D eigenvalue weighted by Gasteiger charge is -2.32. The molecule has 0 saturated carbocycles. The first-order chi connectivity index (χ1) is 12.8. The van der Waals surface area contributed by atoms with Crippen LogP contribution in [0, 0.1) is 0 Å². The maximum atomic E-state index is 13.0. The minimum Gasteiger partial charge on any atom is -0.342 e. The molecule has 0 aliphatic carbocycles. The zero-order valence-corrected chi connectivity index (χ0v) is 14.1. The Labute approximate surface area is 149 Å². The highest BCUT2D eigenvalue weighted by Crippen LogP contribution is 2.27. The van der Waals surface area contributed by atoms with Gasteiger partial charge >= 0.3 is 0 Å². The number of benzene rings is 2. The van der Waals surface area contributed by atoms with E-state index in [4.69, 9.17) is 4.98 Å². The number of likely N-dealkylation sites (tertiary alicyclic amines) is 1. The second kappa shape index (κ2) is 5.94. The van der Waals surface area contributed by atoms with Crippen molar-refractivity contribution in [1.29, 1.82) is 0 Å². The van der Waals surface area contributed by atoms with Crippen LogP contribution in [0.1, 0.15) is 34.9 Å². The van der Waals surface area contributed by atoms with Gasteiger partial charge in [-0.25, -0.2) is 4.98 Å². The molecule has 3 heterocycles. The predicted molar refractivity (Wildman–Crippen MR) is 97.9 cm³/mol. The molecule has 1 fully saturated rings. The number of para-hydroxylation sites is 2. The average Bonchev–Trinajstić information content (AvgIpc) is 3.33. The molecule has 1 atom stereocenters. The number of nitrogens with one attached hydrogen (secondary N) is 2. The van der Waals surface area contributed by atoms with E-state index in [1.807, 2.05) is 41.3 Å². The number of rotatable bonds is 2. The molecule has 2 aromatic carbocycles. The molecule has 1 aliphatic rings. The van der Waals surface area contributed by atoms with E-state index < -0.39 is 0 Å². The number of amides is 1. The van der Waals surface area contributed by atoms with Gasteiger partial charge in [0, 0.05) is 24.6 Å². The van der Waals surface area contributed by atoms with Crippen molar-refractivity contribution in [2.75, 3.05) is 13.1 Å². The highest BCUT2D eigenvalue weighted by Gasteiger charge is 2.27. The highest BCUT2D eigenvalue weighted by atomic mass is 16.2. The van der Waals surface area contributed by atoms with Gasteiger partial charge in [0.2, 0.25) is 0 Å². The molecule has 0 unspecified atom stereocenters. The molecule has 7 nitrogen and oxygen atoms in total. The van der Waals surface area contributed by atoms with E-state index in [2.05, 4.69) is 20.4 Å². The third-order valence-corrected chi connectivity index (χ3v) is 5.07. The van der Waals surface area contributed by atoms with Crippen LogP contribution >= 0.6 is 0 Å². The number of nitrogens with zero attached hydrogens (tertiary/aromatic N) is 4. The monoisotopic (exact) mass is 346 g/mol. The van der Waals surface area contributed by atoms with Crippen molar-refractivity contribution in [3.63, 3.8) is 0 Å². The van der Waals surface area contributed by atoms with Crippen molar-refractivity contribution in [2.24, 2.45) is 0 Å². The topological polar surface area (TPSA) is 90.6 Å². The Bertz CT molecular complexity index is 1060. The van der Waals surface area contributed by atoms with Crippen LogP contribution in [0.15, 0.2) is 42.5 Å². The van der Waals surface area contributed by atoms with Crippen LogP contribution in [-0.2, 0) is 0 Å². The summed E-state index contributed by atoms with van der Waals surface area (Å²) in [7, 11) is 0. The number of aromatic amines is 2. The molecule has 2 N–H and O–H groups in total. The summed E-state index contributed by atoms with van der Waals surface area (Å²) in [5, 5.41) is 10.7. The lowest BCUT2D eigenvalue weighted by Crippen LogP contribution is -2.39. The summed E-state index contributed by atoms with van der Waals surface area (Å²) >= 11 is 0. The van der Waals surface area contributed by atoms with Gasteiger partial charge < -0.3 is 9.88 Å². The third kappa shape index (κ3) is 2.52. The van der Waals surface area contributed by atoms with E-state index in [1.165, 1.54) is 0 Å².